The summed E-state index contributed by atoms with van der Waals surface area (Å²) in [5.41, 5.74) is 0.909. The molecule has 0 radical (unpaired) electrons. The van der Waals surface area contributed by atoms with Gasteiger partial charge in [-0.15, -0.1) is 0 Å². The highest BCUT2D eigenvalue weighted by Gasteiger charge is 2.16. The molecule has 1 heterocycles. The molecule has 1 rings (SSSR count). The lowest BCUT2D eigenvalue weighted by molar-refractivity contribution is 0.0197. The first-order valence-electron chi connectivity index (χ1n) is 5.27. The zero-order chi connectivity index (χ0) is 11.3. The van der Waals surface area contributed by atoms with Gasteiger partial charge in [0.05, 0.1) is 26.0 Å². The number of hydrogen-bond acceptors (Lipinski definition) is 3. The van der Waals surface area contributed by atoms with E-state index >= 15 is 0 Å². The molecule has 0 fully saturated rings. The first kappa shape index (κ1) is 12.2. The molecule has 0 aliphatic rings. The first-order chi connectivity index (χ1) is 7.07. The predicted molar refractivity (Wildman–Crippen MR) is 58.4 cm³/mol. The summed E-state index contributed by atoms with van der Waals surface area (Å²) in [5.74, 6) is 0. The van der Waals surface area contributed by atoms with Crippen molar-refractivity contribution in [3.05, 3.63) is 18.0 Å². The molecule has 0 atom stereocenters. The van der Waals surface area contributed by atoms with Crippen molar-refractivity contribution >= 4 is 0 Å². The van der Waals surface area contributed by atoms with Gasteiger partial charge in [0, 0.05) is 23.7 Å². The second-order valence-electron chi connectivity index (χ2n) is 4.52. The van der Waals surface area contributed by atoms with E-state index < -0.39 is 0 Å². The zero-order valence-electron chi connectivity index (χ0n) is 9.73. The van der Waals surface area contributed by atoms with Gasteiger partial charge in [-0.3, -0.25) is 4.68 Å². The molecule has 0 saturated carbocycles. The molecule has 1 aromatic rings. The van der Waals surface area contributed by atoms with Gasteiger partial charge in [0.15, 0.2) is 0 Å². The Bertz CT molecular complexity index is 295. The summed E-state index contributed by atoms with van der Waals surface area (Å²) in [6.45, 7) is 8.13. The Hall–Kier alpha value is -0.870. The van der Waals surface area contributed by atoms with E-state index in [1.807, 2.05) is 37.8 Å². The van der Waals surface area contributed by atoms with E-state index in [0.717, 1.165) is 12.1 Å². The smallest absolute Gasteiger partial charge is 0.0747 e. The van der Waals surface area contributed by atoms with E-state index in [9.17, 15) is 0 Å². The molecule has 0 aromatic carbocycles. The fraction of sp³-hybridized carbons (Fsp3) is 0.727. The van der Waals surface area contributed by atoms with Crippen LogP contribution in [0.4, 0.5) is 0 Å². The standard InChI is InChI=1S/C11H20N2O2/c1-4-13-6-10(5-12-13)7-15-9-11(2,3)8-14/h5-6,14H,4,7-9H2,1-3H3. The number of aliphatic hydroxyl groups is 1. The van der Waals surface area contributed by atoms with Crippen LogP contribution < -0.4 is 0 Å². The summed E-state index contributed by atoms with van der Waals surface area (Å²) in [6.07, 6.45) is 3.79. The summed E-state index contributed by atoms with van der Waals surface area (Å²) in [6, 6.07) is 0. The van der Waals surface area contributed by atoms with Gasteiger partial charge < -0.3 is 9.84 Å². The quantitative estimate of drug-likeness (QED) is 0.776. The van der Waals surface area contributed by atoms with E-state index in [4.69, 9.17) is 9.84 Å². The predicted octanol–water partition coefficient (Wildman–Crippen LogP) is 1.44. The minimum Gasteiger partial charge on any atom is -0.396 e. The molecule has 15 heavy (non-hydrogen) atoms. The lowest BCUT2D eigenvalue weighted by atomic mass is 9.97. The normalized spacial score (nSPS) is 12.0. The van der Waals surface area contributed by atoms with Gasteiger partial charge in [0.25, 0.3) is 0 Å². The van der Waals surface area contributed by atoms with Crippen molar-refractivity contribution in [3.63, 3.8) is 0 Å². The first-order valence-corrected chi connectivity index (χ1v) is 5.27. The number of hydrogen-bond donors (Lipinski definition) is 1. The molecule has 0 saturated heterocycles. The maximum absolute atomic E-state index is 9.04. The highest BCUT2D eigenvalue weighted by Crippen LogP contribution is 2.14. The summed E-state index contributed by atoms with van der Waals surface area (Å²) >= 11 is 0. The summed E-state index contributed by atoms with van der Waals surface area (Å²) in [5, 5.41) is 13.2. The van der Waals surface area contributed by atoms with Gasteiger partial charge in [-0.2, -0.15) is 5.10 Å². The number of aliphatic hydroxyl groups excluding tert-OH is 1. The molecule has 1 aromatic heterocycles. The van der Waals surface area contributed by atoms with Crippen molar-refractivity contribution in [2.75, 3.05) is 13.2 Å². The lowest BCUT2D eigenvalue weighted by Crippen LogP contribution is -2.23. The number of ether oxygens (including phenoxy) is 1. The molecule has 0 unspecified atom stereocenters. The molecular weight excluding hydrogens is 192 g/mol. The molecule has 0 aliphatic carbocycles. The number of rotatable bonds is 6. The van der Waals surface area contributed by atoms with Gasteiger partial charge in [-0.1, -0.05) is 13.8 Å². The third-order valence-electron chi connectivity index (χ3n) is 2.20. The Morgan fingerprint density at radius 1 is 1.53 bits per heavy atom. The Morgan fingerprint density at radius 3 is 2.80 bits per heavy atom. The van der Waals surface area contributed by atoms with Crippen molar-refractivity contribution in [2.24, 2.45) is 5.41 Å². The molecule has 86 valence electrons. The van der Waals surface area contributed by atoms with Gasteiger partial charge in [-0.05, 0) is 6.92 Å². The van der Waals surface area contributed by atoms with Crippen LogP contribution in [0.3, 0.4) is 0 Å². The van der Waals surface area contributed by atoms with Crippen LogP contribution in [0.5, 0.6) is 0 Å². The summed E-state index contributed by atoms with van der Waals surface area (Å²) in [7, 11) is 0. The van der Waals surface area contributed by atoms with Crippen LogP contribution in [0.25, 0.3) is 0 Å². The minimum absolute atomic E-state index is 0.140. The number of nitrogens with zero attached hydrogens (tertiary/aromatic N) is 2. The van der Waals surface area contributed by atoms with Crippen molar-refractivity contribution in [3.8, 4) is 0 Å². The van der Waals surface area contributed by atoms with E-state index in [2.05, 4.69) is 5.10 Å². The second kappa shape index (κ2) is 5.28. The van der Waals surface area contributed by atoms with Gasteiger partial charge in [0.1, 0.15) is 0 Å². The highest BCUT2D eigenvalue weighted by atomic mass is 16.5. The van der Waals surface area contributed by atoms with E-state index in [1.54, 1.807) is 0 Å². The van der Waals surface area contributed by atoms with Crippen molar-refractivity contribution in [1.82, 2.24) is 9.78 Å². The monoisotopic (exact) mass is 212 g/mol. The minimum atomic E-state index is -0.166. The Balaban J connectivity index is 2.31. The maximum atomic E-state index is 9.04. The third kappa shape index (κ3) is 4.01. The molecule has 0 spiro atoms. The SMILES string of the molecule is CCn1cc(COCC(C)(C)CO)cn1. The largest absolute Gasteiger partial charge is 0.396 e. The second-order valence-corrected chi connectivity index (χ2v) is 4.52. The van der Waals surface area contributed by atoms with Crippen molar-refractivity contribution < 1.29 is 9.84 Å². The van der Waals surface area contributed by atoms with E-state index in [-0.39, 0.29) is 12.0 Å². The van der Waals surface area contributed by atoms with Crippen molar-refractivity contribution in [2.45, 2.75) is 33.9 Å². The number of aryl methyl sites for hydroxylation is 1. The van der Waals surface area contributed by atoms with Crippen LogP contribution in [0, 0.1) is 5.41 Å². The van der Waals surface area contributed by atoms with Crippen LogP contribution in [0.1, 0.15) is 26.3 Å². The van der Waals surface area contributed by atoms with Crippen LogP contribution in [0.2, 0.25) is 0 Å². The van der Waals surface area contributed by atoms with E-state index in [1.165, 1.54) is 0 Å². The third-order valence-corrected chi connectivity index (χ3v) is 2.20. The van der Waals surface area contributed by atoms with Gasteiger partial charge in [0.2, 0.25) is 0 Å². The molecule has 0 bridgehead atoms. The lowest BCUT2D eigenvalue weighted by Gasteiger charge is -2.20. The Labute approximate surface area is 90.9 Å². The Morgan fingerprint density at radius 2 is 2.27 bits per heavy atom. The summed E-state index contributed by atoms with van der Waals surface area (Å²) < 4.78 is 7.39. The molecule has 4 heteroatoms. The van der Waals surface area contributed by atoms with Gasteiger partial charge in [-0.25, -0.2) is 0 Å². The number of aromatic nitrogens is 2. The van der Waals surface area contributed by atoms with Gasteiger partial charge >= 0.3 is 0 Å². The topological polar surface area (TPSA) is 47.3 Å². The average Bonchev–Trinajstić information content (AvgIpc) is 2.66. The van der Waals surface area contributed by atoms with Crippen molar-refractivity contribution in [1.29, 1.82) is 0 Å². The maximum Gasteiger partial charge on any atom is 0.0747 e. The molecule has 4 nitrogen and oxygen atoms in total. The van der Waals surface area contributed by atoms with Crippen LogP contribution in [-0.4, -0.2) is 28.1 Å². The Kier molecular flexibility index (Phi) is 4.29. The molecular formula is C11H20N2O2. The highest BCUT2D eigenvalue weighted by molar-refractivity contribution is 5.01. The molecule has 0 aliphatic heterocycles. The van der Waals surface area contributed by atoms with Crippen LogP contribution >= 0.6 is 0 Å². The molecule has 1 N–H and O–H groups in total. The summed E-state index contributed by atoms with van der Waals surface area (Å²) in [4.78, 5) is 0. The fourth-order valence-electron chi connectivity index (χ4n) is 1.14. The van der Waals surface area contributed by atoms with Crippen LogP contribution in [0.15, 0.2) is 12.4 Å². The van der Waals surface area contributed by atoms with Crippen LogP contribution in [-0.2, 0) is 17.9 Å². The average molecular weight is 212 g/mol. The van der Waals surface area contributed by atoms with E-state index in [0.29, 0.717) is 13.2 Å². The molecule has 0 amide bonds. The zero-order valence-corrected chi connectivity index (χ0v) is 9.73. The fourth-order valence-corrected chi connectivity index (χ4v) is 1.14.